The Morgan fingerprint density at radius 1 is 0.808 bits per heavy atom. The Bertz CT molecular complexity index is 694. The van der Waals surface area contributed by atoms with Crippen LogP contribution in [-0.2, 0) is 37.0 Å². The molecule has 1 aliphatic rings. The molecule has 0 atom stereocenters. The minimum absolute atomic E-state index is 0.0770. The lowest BCUT2D eigenvalue weighted by Gasteiger charge is -2.35. The van der Waals surface area contributed by atoms with Gasteiger partial charge in [-0.25, -0.2) is 4.79 Å². The van der Waals surface area contributed by atoms with Crippen molar-refractivity contribution in [2.45, 2.75) is 25.9 Å². The highest BCUT2D eigenvalue weighted by molar-refractivity contribution is 5.83. The van der Waals surface area contributed by atoms with Gasteiger partial charge in [-0.15, -0.1) is 0 Å². The van der Waals surface area contributed by atoms with Crippen LogP contribution in [0.1, 0.15) is 18.1 Å². The summed E-state index contributed by atoms with van der Waals surface area (Å²) in [5.41, 5.74) is 2.06. The number of esters is 1. The smallest absolute Gasteiger partial charge is 0.337 e. The Hall–Kier alpha value is -2.63. The SMILES string of the molecule is CC1=CC(=O)OC(COCc2ccccc2)(COCc2ccccc2)O1. The molecule has 0 amide bonds. The van der Waals surface area contributed by atoms with Crippen molar-refractivity contribution >= 4 is 5.97 Å². The number of cyclic esters (lactones) is 1. The predicted molar refractivity (Wildman–Crippen MR) is 95.9 cm³/mol. The van der Waals surface area contributed by atoms with Gasteiger partial charge in [-0.05, 0) is 18.1 Å². The molecule has 0 spiro atoms. The number of carbonyl (C=O) groups excluding carboxylic acids is 1. The Morgan fingerprint density at radius 2 is 1.31 bits per heavy atom. The lowest BCUT2D eigenvalue weighted by molar-refractivity contribution is -0.262. The highest BCUT2D eigenvalue weighted by atomic mass is 16.8. The molecule has 26 heavy (non-hydrogen) atoms. The lowest BCUT2D eigenvalue weighted by Crippen LogP contribution is -2.48. The first kappa shape index (κ1) is 18.2. The van der Waals surface area contributed by atoms with E-state index in [0.29, 0.717) is 19.0 Å². The van der Waals surface area contributed by atoms with Crippen molar-refractivity contribution in [1.29, 1.82) is 0 Å². The molecule has 1 aliphatic heterocycles. The van der Waals surface area contributed by atoms with Gasteiger partial charge in [0.1, 0.15) is 19.0 Å². The van der Waals surface area contributed by atoms with E-state index in [1.54, 1.807) is 6.92 Å². The van der Waals surface area contributed by atoms with Gasteiger partial charge in [-0.1, -0.05) is 60.7 Å². The molecular weight excluding hydrogens is 332 g/mol. The quantitative estimate of drug-likeness (QED) is 0.678. The molecule has 136 valence electrons. The summed E-state index contributed by atoms with van der Waals surface area (Å²) in [6, 6.07) is 19.6. The van der Waals surface area contributed by atoms with E-state index >= 15 is 0 Å². The van der Waals surface area contributed by atoms with Gasteiger partial charge in [-0.2, -0.15) is 0 Å². The van der Waals surface area contributed by atoms with Gasteiger partial charge < -0.3 is 18.9 Å². The second-order valence-electron chi connectivity index (χ2n) is 6.15. The second kappa shape index (κ2) is 8.65. The summed E-state index contributed by atoms with van der Waals surface area (Å²) in [6.45, 7) is 2.65. The maximum Gasteiger partial charge on any atom is 0.337 e. The van der Waals surface area contributed by atoms with Crippen molar-refractivity contribution in [1.82, 2.24) is 0 Å². The summed E-state index contributed by atoms with van der Waals surface area (Å²) in [4.78, 5) is 11.9. The van der Waals surface area contributed by atoms with E-state index in [2.05, 4.69) is 0 Å². The molecule has 0 radical (unpaired) electrons. The molecule has 0 saturated heterocycles. The molecule has 0 aliphatic carbocycles. The van der Waals surface area contributed by atoms with Crippen LogP contribution in [0.4, 0.5) is 0 Å². The first-order valence-corrected chi connectivity index (χ1v) is 8.49. The van der Waals surface area contributed by atoms with Crippen LogP contribution in [-0.4, -0.2) is 25.0 Å². The second-order valence-corrected chi connectivity index (χ2v) is 6.15. The van der Waals surface area contributed by atoms with E-state index in [0.717, 1.165) is 11.1 Å². The zero-order valence-corrected chi connectivity index (χ0v) is 14.7. The molecule has 1 heterocycles. The number of ether oxygens (including phenoxy) is 4. The van der Waals surface area contributed by atoms with Crippen molar-refractivity contribution in [2.75, 3.05) is 13.2 Å². The number of benzene rings is 2. The molecule has 5 nitrogen and oxygen atoms in total. The van der Waals surface area contributed by atoms with E-state index in [1.165, 1.54) is 6.08 Å². The molecule has 0 saturated carbocycles. The van der Waals surface area contributed by atoms with Gasteiger partial charge in [0.15, 0.2) is 0 Å². The fourth-order valence-corrected chi connectivity index (χ4v) is 2.68. The van der Waals surface area contributed by atoms with Crippen LogP contribution in [0.2, 0.25) is 0 Å². The summed E-state index contributed by atoms with van der Waals surface area (Å²) in [7, 11) is 0. The molecule has 2 aromatic carbocycles. The Morgan fingerprint density at radius 3 is 1.77 bits per heavy atom. The van der Waals surface area contributed by atoms with Crippen molar-refractivity contribution in [2.24, 2.45) is 0 Å². The third kappa shape index (κ3) is 5.18. The van der Waals surface area contributed by atoms with E-state index in [-0.39, 0.29) is 13.2 Å². The van der Waals surface area contributed by atoms with Gasteiger partial charge in [-0.3, -0.25) is 0 Å². The largest absolute Gasteiger partial charge is 0.452 e. The molecule has 0 bridgehead atoms. The first-order chi connectivity index (χ1) is 12.7. The van der Waals surface area contributed by atoms with Gasteiger partial charge in [0.05, 0.1) is 19.3 Å². The maximum atomic E-state index is 11.9. The summed E-state index contributed by atoms with van der Waals surface area (Å²) >= 11 is 0. The van der Waals surface area contributed by atoms with E-state index in [4.69, 9.17) is 18.9 Å². The van der Waals surface area contributed by atoms with Crippen LogP contribution < -0.4 is 0 Å². The van der Waals surface area contributed by atoms with Crippen molar-refractivity contribution < 1.29 is 23.7 Å². The van der Waals surface area contributed by atoms with Crippen LogP contribution in [0.25, 0.3) is 0 Å². The Balaban J connectivity index is 1.60. The predicted octanol–water partition coefficient (Wildman–Crippen LogP) is 3.59. The third-order valence-corrected chi connectivity index (χ3v) is 3.82. The highest BCUT2D eigenvalue weighted by Gasteiger charge is 2.40. The first-order valence-electron chi connectivity index (χ1n) is 8.49. The topological polar surface area (TPSA) is 54.0 Å². The fraction of sp³-hybridized carbons (Fsp3) is 0.286. The van der Waals surface area contributed by atoms with Crippen LogP contribution in [0, 0.1) is 0 Å². The Labute approximate surface area is 153 Å². The normalized spacial score (nSPS) is 15.7. The molecule has 0 N–H and O–H groups in total. The third-order valence-electron chi connectivity index (χ3n) is 3.82. The standard InChI is InChI=1S/C21H22O5/c1-17-12-20(22)26-21(25-17,15-23-13-18-8-4-2-5-9-18)16-24-14-19-10-6-3-7-11-19/h2-12H,13-16H2,1H3. The minimum Gasteiger partial charge on any atom is -0.452 e. The van der Waals surface area contributed by atoms with Gasteiger partial charge in [0.25, 0.3) is 0 Å². The van der Waals surface area contributed by atoms with Crippen molar-refractivity contribution in [3.05, 3.63) is 83.6 Å². The van der Waals surface area contributed by atoms with Crippen LogP contribution in [0.5, 0.6) is 0 Å². The average Bonchev–Trinajstić information content (AvgIpc) is 2.63. The van der Waals surface area contributed by atoms with Crippen molar-refractivity contribution in [3.8, 4) is 0 Å². The number of carbonyl (C=O) groups is 1. The Kier molecular flexibility index (Phi) is 6.04. The van der Waals surface area contributed by atoms with E-state index in [1.807, 2.05) is 60.7 Å². The number of hydrogen-bond donors (Lipinski definition) is 0. The number of rotatable bonds is 8. The van der Waals surface area contributed by atoms with E-state index in [9.17, 15) is 4.79 Å². The summed E-state index contributed by atoms with van der Waals surface area (Å²) in [6.07, 6.45) is 1.31. The molecule has 3 rings (SSSR count). The van der Waals surface area contributed by atoms with Crippen molar-refractivity contribution in [3.63, 3.8) is 0 Å². The molecule has 5 heteroatoms. The summed E-state index contributed by atoms with van der Waals surface area (Å²) in [5, 5.41) is 0. The average molecular weight is 354 g/mol. The molecule has 0 unspecified atom stereocenters. The minimum atomic E-state index is -1.28. The van der Waals surface area contributed by atoms with E-state index < -0.39 is 11.8 Å². The van der Waals surface area contributed by atoms with Crippen LogP contribution in [0.3, 0.4) is 0 Å². The monoisotopic (exact) mass is 354 g/mol. The summed E-state index contributed by atoms with van der Waals surface area (Å²) in [5.74, 6) is -1.26. The number of hydrogen-bond acceptors (Lipinski definition) is 5. The maximum absolute atomic E-state index is 11.9. The number of allylic oxidation sites excluding steroid dienone is 1. The lowest BCUT2D eigenvalue weighted by atomic mass is 10.2. The summed E-state index contributed by atoms with van der Waals surface area (Å²) < 4.78 is 22.7. The van der Waals surface area contributed by atoms with Gasteiger partial charge in [0, 0.05) is 0 Å². The highest BCUT2D eigenvalue weighted by Crippen LogP contribution is 2.25. The molecule has 2 aromatic rings. The zero-order chi connectivity index (χ0) is 18.2. The van der Waals surface area contributed by atoms with Crippen LogP contribution >= 0.6 is 0 Å². The molecule has 0 aromatic heterocycles. The van der Waals surface area contributed by atoms with Gasteiger partial charge in [0.2, 0.25) is 0 Å². The van der Waals surface area contributed by atoms with Gasteiger partial charge >= 0.3 is 11.8 Å². The fourth-order valence-electron chi connectivity index (χ4n) is 2.68. The zero-order valence-electron chi connectivity index (χ0n) is 14.7. The molecule has 0 fully saturated rings. The van der Waals surface area contributed by atoms with Crippen LogP contribution in [0.15, 0.2) is 72.5 Å². The molecular formula is C21H22O5.